The molecule has 0 saturated heterocycles. The van der Waals surface area contributed by atoms with Crippen molar-refractivity contribution in [3.63, 3.8) is 0 Å². The minimum Gasteiger partial charge on any atom is -0.328 e. The zero-order valence-electron chi connectivity index (χ0n) is 12.1. The van der Waals surface area contributed by atoms with Gasteiger partial charge in [-0.05, 0) is 18.8 Å². The Hall–Kier alpha value is -0.450. The molecule has 0 aromatic heterocycles. The number of carbonyl (C=O) groups is 1. The van der Waals surface area contributed by atoms with E-state index in [1.54, 1.807) is 6.92 Å². The van der Waals surface area contributed by atoms with Gasteiger partial charge in [0.25, 0.3) is 0 Å². The maximum atomic E-state index is 8.00. The van der Waals surface area contributed by atoms with E-state index in [1.807, 2.05) is 6.79 Å². The van der Waals surface area contributed by atoms with E-state index in [-0.39, 0.29) is 6.10 Å². The second-order valence-electron chi connectivity index (χ2n) is 4.30. The molecule has 0 heterocycles. The van der Waals surface area contributed by atoms with Crippen LogP contribution in [0.1, 0.15) is 53.9 Å². The van der Waals surface area contributed by atoms with Crippen LogP contribution in [0, 0.1) is 11.8 Å². The normalized spacial score (nSPS) is 14.5. The summed E-state index contributed by atoms with van der Waals surface area (Å²) in [7, 11) is 0. The van der Waals surface area contributed by atoms with Gasteiger partial charge in [-0.3, -0.25) is 5.26 Å². The summed E-state index contributed by atoms with van der Waals surface area (Å²) in [5.74, 6) is 1.85. The molecule has 0 saturated carbocycles. The summed E-state index contributed by atoms with van der Waals surface area (Å²) in [6.45, 7) is 13.3. The molecule has 0 fully saturated rings. The molecule has 0 rings (SSSR count). The first-order valence-corrected chi connectivity index (χ1v) is 6.32. The predicted molar refractivity (Wildman–Crippen MR) is 72.9 cm³/mol. The fraction of sp³-hybridized carbons (Fsp3) is 0.923. The minimum atomic E-state index is -0.231. The number of nitrogens with two attached hydrogens (primary N) is 1. The number of hydrogen-bond donors (Lipinski definition) is 2. The van der Waals surface area contributed by atoms with Crippen molar-refractivity contribution in [2.24, 2.45) is 17.6 Å². The van der Waals surface area contributed by atoms with Crippen molar-refractivity contribution < 1.29 is 14.9 Å². The summed E-state index contributed by atoms with van der Waals surface area (Å²) in [6.07, 6.45) is 3.84. The Labute approximate surface area is 106 Å². The molecule has 4 heteroatoms. The second-order valence-corrected chi connectivity index (χ2v) is 4.30. The lowest BCUT2D eigenvalue weighted by atomic mass is 9.90. The summed E-state index contributed by atoms with van der Waals surface area (Å²) in [4.78, 5) is 11.8. The summed E-state index contributed by atoms with van der Waals surface area (Å²) in [6, 6.07) is 0. The van der Waals surface area contributed by atoms with Crippen molar-refractivity contribution in [3.05, 3.63) is 0 Å². The van der Waals surface area contributed by atoms with E-state index in [2.05, 4.69) is 32.6 Å². The molecule has 0 aliphatic rings. The third-order valence-electron chi connectivity index (χ3n) is 2.87. The van der Waals surface area contributed by atoms with E-state index in [1.165, 1.54) is 19.3 Å². The third kappa shape index (κ3) is 18.1. The Morgan fingerprint density at radius 2 is 1.65 bits per heavy atom. The van der Waals surface area contributed by atoms with Gasteiger partial charge in [0, 0.05) is 6.54 Å². The molecule has 3 atom stereocenters. The van der Waals surface area contributed by atoms with Crippen LogP contribution >= 0.6 is 0 Å². The molecule has 0 radical (unpaired) electrons. The molecule has 17 heavy (non-hydrogen) atoms. The molecular formula is C13H31NO3. The van der Waals surface area contributed by atoms with Gasteiger partial charge in [-0.15, -0.1) is 0 Å². The van der Waals surface area contributed by atoms with Crippen molar-refractivity contribution in [1.82, 2.24) is 0 Å². The van der Waals surface area contributed by atoms with Crippen molar-refractivity contribution in [2.45, 2.75) is 60.0 Å². The quantitative estimate of drug-likeness (QED) is 0.560. The van der Waals surface area contributed by atoms with Crippen LogP contribution in [-0.2, 0) is 9.68 Å². The maximum Gasteiger partial charge on any atom is 0.106 e. The Bertz CT molecular complexity index is 130. The molecule has 3 unspecified atom stereocenters. The number of hydrogen-bond acceptors (Lipinski definition) is 4. The standard InChI is InChI=1S/C9H20.C3H9NO2.CH2O/c1-5-7-9(4)8(3)6-2;1-3(2-4)6-5;1-2/h8-9H,5-7H2,1-4H3;3,5H,2,4H2,1H3;1H2. The van der Waals surface area contributed by atoms with E-state index in [4.69, 9.17) is 15.8 Å². The van der Waals surface area contributed by atoms with Gasteiger partial charge >= 0.3 is 0 Å². The summed E-state index contributed by atoms with van der Waals surface area (Å²) < 4.78 is 0. The highest BCUT2D eigenvalue weighted by Crippen LogP contribution is 2.18. The van der Waals surface area contributed by atoms with Crippen molar-refractivity contribution >= 4 is 6.79 Å². The average molecular weight is 249 g/mol. The summed E-state index contributed by atoms with van der Waals surface area (Å²) >= 11 is 0. The van der Waals surface area contributed by atoms with Crippen LogP contribution in [-0.4, -0.2) is 24.7 Å². The van der Waals surface area contributed by atoms with Gasteiger partial charge in [-0.25, -0.2) is 4.89 Å². The Morgan fingerprint density at radius 1 is 1.18 bits per heavy atom. The molecule has 0 aromatic carbocycles. The van der Waals surface area contributed by atoms with E-state index < -0.39 is 0 Å². The van der Waals surface area contributed by atoms with Gasteiger partial charge in [0.15, 0.2) is 0 Å². The first-order chi connectivity index (χ1) is 8.03. The monoisotopic (exact) mass is 249 g/mol. The van der Waals surface area contributed by atoms with Crippen molar-refractivity contribution in [3.8, 4) is 0 Å². The topological polar surface area (TPSA) is 72.6 Å². The van der Waals surface area contributed by atoms with Gasteiger partial charge in [-0.1, -0.05) is 47.0 Å². The molecule has 4 nitrogen and oxygen atoms in total. The fourth-order valence-corrected chi connectivity index (χ4v) is 1.19. The first kappa shape index (κ1) is 21.8. The molecule has 0 aliphatic carbocycles. The van der Waals surface area contributed by atoms with Gasteiger partial charge in [0.05, 0.1) is 0 Å². The number of rotatable bonds is 6. The van der Waals surface area contributed by atoms with Crippen LogP contribution in [0.15, 0.2) is 0 Å². The smallest absolute Gasteiger partial charge is 0.106 e. The minimum absolute atomic E-state index is 0.231. The molecule has 106 valence electrons. The molecule has 0 spiro atoms. The Morgan fingerprint density at radius 3 is 1.82 bits per heavy atom. The van der Waals surface area contributed by atoms with Crippen molar-refractivity contribution in [2.75, 3.05) is 6.54 Å². The zero-order chi connectivity index (χ0) is 14.3. The van der Waals surface area contributed by atoms with Crippen LogP contribution in [0.2, 0.25) is 0 Å². The van der Waals surface area contributed by atoms with E-state index in [9.17, 15) is 0 Å². The molecule has 3 N–H and O–H groups in total. The van der Waals surface area contributed by atoms with E-state index in [0.717, 1.165) is 11.8 Å². The number of carbonyl (C=O) groups excluding carboxylic acids is 1. The highest BCUT2D eigenvalue weighted by molar-refractivity contribution is 5.10. The van der Waals surface area contributed by atoms with Crippen LogP contribution in [0.3, 0.4) is 0 Å². The highest BCUT2D eigenvalue weighted by atomic mass is 17.1. The fourth-order valence-electron chi connectivity index (χ4n) is 1.19. The van der Waals surface area contributed by atoms with Gasteiger partial charge in [0.2, 0.25) is 0 Å². The van der Waals surface area contributed by atoms with Crippen LogP contribution in [0.25, 0.3) is 0 Å². The lowest BCUT2D eigenvalue weighted by Gasteiger charge is -2.16. The molecule has 0 amide bonds. The largest absolute Gasteiger partial charge is 0.328 e. The van der Waals surface area contributed by atoms with Crippen molar-refractivity contribution in [1.29, 1.82) is 0 Å². The van der Waals surface area contributed by atoms with Gasteiger partial charge in [-0.2, -0.15) is 0 Å². The molecule has 0 aromatic rings. The van der Waals surface area contributed by atoms with Crippen LogP contribution < -0.4 is 5.73 Å². The highest BCUT2D eigenvalue weighted by Gasteiger charge is 2.07. The van der Waals surface area contributed by atoms with E-state index in [0.29, 0.717) is 6.54 Å². The van der Waals surface area contributed by atoms with Crippen LogP contribution in [0.5, 0.6) is 0 Å². The average Bonchev–Trinajstić information content (AvgIpc) is 2.40. The SMILES string of the molecule is C=O.CC(CN)OO.CCCC(C)C(C)CC. The molecular weight excluding hydrogens is 218 g/mol. The van der Waals surface area contributed by atoms with E-state index >= 15 is 0 Å². The van der Waals surface area contributed by atoms with Gasteiger partial charge < -0.3 is 10.5 Å². The third-order valence-corrected chi connectivity index (χ3v) is 2.87. The Balaban J connectivity index is -0.000000213. The lowest BCUT2D eigenvalue weighted by molar-refractivity contribution is -0.270. The maximum absolute atomic E-state index is 8.00. The molecule has 0 bridgehead atoms. The first-order valence-electron chi connectivity index (χ1n) is 6.32. The second kappa shape index (κ2) is 17.9. The zero-order valence-corrected chi connectivity index (χ0v) is 12.1. The summed E-state index contributed by atoms with van der Waals surface area (Å²) in [5.41, 5.74) is 5.00. The van der Waals surface area contributed by atoms with Crippen LogP contribution in [0.4, 0.5) is 0 Å². The van der Waals surface area contributed by atoms with Gasteiger partial charge in [0.1, 0.15) is 12.9 Å². The predicted octanol–water partition coefficient (Wildman–Crippen LogP) is 3.11. The lowest BCUT2D eigenvalue weighted by Crippen LogP contribution is -2.17. The summed E-state index contributed by atoms with van der Waals surface area (Å²) in [5, 5.41) is 7.75. The Kier molecular flexibility index (Phi) is 23.0. The molecule has 0 aliphatic heterocycles.